The number of carbonyl (C=O) groups is 1. The summed E-state index contributed by atoms with van der Waals surface area (Å²) in [6.07, 6.45) is 3.78. The van der Waals surface area contributed by atoms with E-state index in [1.165, 1.54) is 18.3 Å². The van der Waals surface area contributed by atoms with Crippen molar-refractivity contribution < 1.29 is 13.9 Å². The molecule has 0 saturated carbocycles. The topological polar surface area (TPSA) is 63.2 Å². The van der Waals surface area contributed by atoms with Crippen molar-refractivity contribution in [3.05, 3.63) is 83.9 Å². The minimum atomic E-state index is -0.304. The number of halogens is 1. The molecule has 1 heterocycles. The summed E-state index contributed by atoms with van der Waals surface area (Å²) in [5, 5.41) is 5.98. The molecule has 138 valence electrons. The number of anilines is 2. The molecule has 0 spiro atoms. The van der Waals surface area contributed by atoms with Crippen molar-refractivity contribution in [2.24, 2.45) is 0 Å². The first kappa shape index (κ1) is 18.4. The van der Waals surface area contributed by atoms with Gasteiger partial charge in [-0.2, -0.15) is 0 Å². The monoisotopic (exact) mass is 365 g/mol. The second kappa shape index (κ2) is 8.80. The van der Waals surface area contributed by atoms with Crippen molar-refractivity contribution in [3.8, 4) is 5.75 Å². The van der Waals surface area contributed by atoms with E-state index in [2.05, 4.69) is 15.6 Å². The lowest BCUT2D eigenvalue weighted by atomic mass is 10.1. The zero-order valence-corrected chi connectivity index (χ0v) is 14.9. The first-order valence-corrected chi connectivity index (χ1v) is 8.53. The number of carbonyl (C=O) groups excluding carboxylic acids is 1. The summed E-state index contributed by atoms with van der Waals surface area (Å²) in [6.45, 7) is 0.481. The lowest BCUT2D eigenvalue weighted by molar-refractivity contribution is 0.0953. The fourth-order valence-electron chi connectivity index (χ4n) is 2.65. The molecular weight excluding hydrogens is 345 g/mol. The highest BCUT2D eigenvalue weighted by Crippen LogP contribution is 2.18. The van der Waals surface area contributed by atoms with E-state index in [9.17, 15) is 9.18 Å². The van der Waals surface area contributed by atoms with Crippen LogP contribution in [0.25, 0.3) is 0 Å². The fraction of sp³-hybridized carbons (Fsp3) is 0.143. The molecule has 0 radical (unpaired) electrons. The van der Waals surface area contributed by atoms with E-state index in [0.29, 0.717) is 29.9 Å². The summed E-state index contributed by atoms with van der Waals surface area (Å²) in [4.78, 5) is 16.5. The number of rotatable bonds is 7. The first-order chi connectivity index (χ1) is 13.2. The van der Waals surface area contributed by atoms with Crippen molar-refractivity contribution >= 4 is 17.3 Å². The predicted molar refractivity (Wildman–Crippen MR) is 103 cm³/mol. The number of hydrogen-bond donors (Lipinski definition) is 2. The third kappa shape index (κ3) is 5.04. The van der Waals surface area contributed by atoms with Gasteiger partial charge in [-0.25, -0.2) is 4.39 Å². The van der Waals surface area contributed by atoms with Crippen LogP contribution >= 0.6 is 0 Å². The van der Waals surface area contributed by atoms with Crippen LogP contribution in [0.15, 0.2) is 67.0 Å². The van der Waals surface area contributed by atoms with Crippen LogP contribution in [0.4, 0.5) is 15.8 Å². The molecule has 0 aliphatic rings. The highest BCUT2D eigenvalue weighted by molar-refractivity contribution is 5.94. The molecule has 1 amide bonds. The van der Waals surface area contributed by atoms with Gasteiger partial charge in [0, 0.05) is 18.4 Å². The third-order valence-electron chi connectivity index (χ3n) is 4.01. The van der Waals surface area contributed by atoms with E-state index in [4.69, 9.17) is 4.74 Å². The normalized spacial score (nSPS) is 10.3. The van der Waals surface area contributed by atoms with Crippen LogP contribution in [0.1, 0.15) is 15.9 Å². The Labute approximate surface area is 157 Å². The van der Waals surface area contributed by atoms with Gasteiger partial charge in [0.25, 0.3) is 5.91 Å². The minimum absolute atomic E-state index is 0.208. The molecule has 0 unspecified atom stereocenters. The second-order valence-corrected chi connectivity index (χ2v) is 5.91. The zero-order chi connectivity index (χ0) is 19.1. The van der Waals surface area contributed by atoms with Crippen LogP contribution in [-0.2, 0) is 6.42 Å². The molecule has 1 aromatic heterocycles. The van der Waals surface area contributed by atoms with Gasteiger partial charge in [-0.3, -0.25) is 9.78 Å². The van der Waals surface area contributed by atoms with Gasteiger partial charge in [-0.15, -0.1) is 0 Å². The Bertz CT molecular complexity index is 913. The molecule has 5 nitrogen and oxygen atoms in total. The molecule has 27 heavy (non-hydrogen) atoms. The lowest BCUT2D eigenvalue weighted by Gasteiger charge is -2.10. The number of ether oxygens (including phenoxy) is 1. The number of nitrogens with zero attached hydrogens (tertiary/aromatic N) is 1. The molecule has 0 atom stereocenters. The van der Waals surface area contributed by atoms with Crippen LogP contribution in [0.5, 0.6) is 5.75 Å². The van der Waals surface area contributed by atoms with E-state index in [1.54, 1.807) is 31.5 Å². The molecule has 0 saturated heterocycles. The first-order valence-electron chi connectivity index (χ1n) is 8.53. The van der Waals surface area contributed by atoms with Gasteiger partial charge in [0.2, 0.25) is 0 Å². The lowest BCUT2D eigenvalue weighted by Crippen LogP contribution is -2.26. The Morgan fingerprint density at radius 2 is 1.85 bits per heavy atom. The maximum Gasteiger partial charge on any atom is 0.252 e. The summed E-state index contributed by atoms with van der Waals surface area (Å²) in [7, 11) is 1.63. The number of pyridine rings is 1. The largest absolute Gasteiger partial charge is 0.496 e. The van der Waals surface area contributed by atoms with E-state index in [1.807, 2.05) is 24.3 Å². The van der Waals surface area contributed by atoms with Gasteiger partial charge in [-0.1, -0.05) is 18.2 Å². The van der Waals surface area contributed by atoms with Crippen molar-refractivity contribution in [3.63, 3.8) is 0 Å². The van der Waals surface area contributed by atoms with E-state index >= 15 is 0 Å². The maximum absolute atomic E-state index is 13.0. The van der Waals surface area contributed by atoms with Crippen molar-refractivity contribution in [2.45, 2.75) is 6.42 Å². The Hall–Kier alpha value is -3.41. The van der Waals surface area contributed by atoms with Crippen molar-refractivity contribution in [2.75, 3.05) is 19.0 Å². The Kier molecular flexibility index (Phi) is 5.99. The molecule has 0 aliphatic heterocycles. The molecule has 2 N–H and O–H groups in total. The van der Waals surface area contributed by atoms with Gasteiger partial charge >= 0.3 is 0 Å². The van der Waals surface area contributed by atoms with Crippen molar-refractivity contribution in [1.29, 1.82) is 0 Å². The quantitative estimate of drug-likeness (QED) is 0.666. The average Bonchev–Trinajstić information content (AvgIpc) is 2.70. The Morgan fingerprint density at radius 3 is 2.63 bits per heavy atom. The molecule has 0 fully saturated rings. The standard InChI is InChI=1S/C21H20FN3O2/c1-27-20-5-3-2-4-15(20)10-11-24-21(26)16-12-19(14-23-13-16)25-18-8-6-17(22)7-9-18/h2-9,12-14,25H,10-11H2,1H3,(H,24,26). The number of methoxy groups -OCH3 is 1. The highest BCUT2D eigenvalue weighted by Gasteiger charge is 2.08. The molecule has 6 heteroatoms. The van der Waals surface area contributed by atoms with Gasteiger partial charge in [0.1, 0.15) is 11.6 Å². The van der Waals surface area contributed by atoms with Crippen LogP contribution < -0.4 is 15.4 Å². The van der Waals surface area contributed by atoms with Gasteiger partial charge in [0.15, 0.2) is 0 Å². The van der Waals surface area contributed by atoms with Crippen LogP contribution in [0.3, 0.4) is 0 Å². The SMILES string of the molecule is COc1ccccc1CCNC(=O)c1cncc(Nc2ccc(F)cc2)c1. The molecule has 3 rings (SSSR count). The van der Waals surface area contributed by atoms with Crippen molar-refractivity contribution in [1.82, 2.24) is 10.3 Å². The van der Waals surface area contributed by atoms with E-state index in [0.717, 1.165) is 11.3 Å². The summed E-state index contributed by atoms with van der Waals surface area (Å²) in [6, 6.07) is 15.4. The maximum atomic E-state index is 13.0. The summed E-state index contributed by atoms with van der Waals surface area (Å²) in [5.74, 6) is 0.293. The molecule has 0 aliphatic carbocycles. The number of hydrogen-bond acceptors (Lipinski definition) is 4. The van der Waals surface area contributed by atoms with Gasteiger partial charge < -0.3 is 15.4 Å². The van der Waals surface area contributed by atoms with Crippen LogP contribution in [0, 0.1) is 5.82 Å². The van der Waals surface area contributed by atoms with Gasteiger partial charge in [-0.05, 0) is 48.4 Å². The minimum Gasteiger partial charge on any atom is -0.496 e. The number of nitrogens with one attached hydrogen (secondary N) is 2. The number of aromatic nitrogens is 1. The zero-order valence-electron chi connectivity index (χ0n) is 14.9. The van der Waals surface area contributed by atoms with Crippen LogP contribution in [0.2, 0.25) is 0 Å². The summed E-state index contributed by atoms with van der Waals surface area (Å²) in [5.41, 5.74) is 2.85. The Morgan fingerprint density at radius 1 is 1.07 bits per heavy atom. The number of benzene rings is 2. The van der Waals surface area contributed by atoms with Gasteiger partial charge in [0.05, 0.1) is 24.6 Å². The number of amides is 1. The summed E-state index contributed by atoms with van der Waals surface area (Å²) >= 11 is 0. The average molecular weight is 365 g/mol. The Balaban J connectivity index is 1.59. The smallest absolute Gasteiger partial charge is 0.252 e. The molecule has 2 aromatic carbocycles. The summed E-state index contributed by atoms with van der Waals surface area (Å²) < 4.78 is 18.3. The van der Waals surface area contributed by atoms with Crippen LogP contribution in [-0.4, -0.2) is 24.5 Å². The predicted octanol–water partition coefficient (Wildman–Crippen LogP) is 3.95. The molecular formula is C21H20FN3O2. The third-order valence-corrected chi connectivity index (χ3v) is 4.01. The fourth-order valence-corrected chi connectivity index (χ4v) is 2.65. The van der Waals surface area contributed by atoms with E-state index in [-0.39, 0.29) is 11.7 Å². The number of para-hydroxylation sites is 1. The molecule has 3 aromatic rings. The second-order valence-electron chi connectivity index (χ2n) is 5.91. The van der Waals surface area contributed by atoms with E-state index < -0.39 is 0 Å². The highest BCUT2D eigenvalue weighted by atomic mass is 19.1. The molecule has 0 bridgehead atoms.